The zero-order valence-corrected chi connectivity index (χ0v) is 7.88. The molecule has 1 aromatic carbocycles. The number of carbonyl (C=O) groups excluding carboxylic acids is 1. The molecular weight excluding hydrogens is 167 g/mol. The maximum atomic E-state index is 12.8. The summed E-state index contributed by atoms with van der Waals surface area (Å²) in [6.45, 7) is 3.48. The van der Waals surface area contributed by atoms with Gasteiger partial charge in [0, 0.05) is 6.42 Å². The van der Waals surface area contributed by atoms with Crippen LogP contribution in [0.3, 0.4) is 0 Å². The second-order valence-corrected chi connectivity index (χ2v) is 3.36. The minimum absolute atomic E-state index is 0.105. The molecule has 1 unspecified atom stereocenters. The highest BCUT2D eigenvalue weighted by Crippen LogP contribution is 2.19. The van der Waals surface area contributed by atoms with Crippen LogP contribution in [-0.2, 0) is 4.79 Å². The first-order valence-electron chi connectivity index (χ1n) is 4.34. The van der Waals surface area contributed by atoms with Crippen molar-refractivity contribution in [3.63, 3.8) is 0 Å². The second kappa shape index (κ2) is 4.17. The van der Waals surface area contributed by atoms with Gasteiger partial charge in [-0.25, -0.2) is 4.39 Å². The van der Waals surface area contributed by atoms with E-state index in [1.807, 2.05) is 13.0 Å². The fraction of sp³-hybridized carbons (Fsp3) is 0.364. The van der Waals surface area contributed by atoms with E-state index in [1.165, 1.54) is 12.1 Å². The summed E-state index contributed by atoms with van der Waals surface area (Å²) in [4.78, 5) is 10.8. The summed E-state index contributed by atoms with van der Waals surface area (Å²) in [5.41, 5.74) is 0.884. The number of Topliss-reactive ketones (excluding diaryl/α,β-unsaturated/α-hetero) is 1. The Morgan fingerprint density at radius 2 is 2.23 bits per heavy atom. The van der Waals surface area contributed by atoms with Gasteiger partial charge in [0.05, 0.1) is 0 Å². The molecule has 1 rings (SSSR count). The molecule has 0 fully saturated rings. The Bertz CT molecular complexity index is 307. The highest BCUT2D eigenvalue weighted by molar-refractivity contribution is 5.76. The topological polar surface area (TPSA) is 17.1 Å². The third kappa shape index (κ3) is 2.98. The van der Waals surface area contributed by atoms with E-state index in [0.29, 0.717) is 6.42 Å². The molecule has 1 nitrogen and oxygen atoms in total. The van der Waals surface area contributed by atoms with Crippen molar-refractivity contribution in [3.8, 4) is 0 Å². The molecule has 0 aliphatic rings. The van der Waals surface area contributed by atoms with Gasteiger partial charge in [-0.15, -0.1) is 0 Å². The summed E-state index contributed by atoms with van der Waals surface area (Å²) in [6.07, 6.45) is 0.476. The maximum Gasteiger partial charge on any atom is 0.130 e. The van der Waals surface area contributed by atoms with E-state index in [0.717, 1.165) is 5.56 Å². The zero-order valence-electron chi connectivity index (χ0n) is 7.88. The van der Waals surface area contributed by atoms with Crippen molar-refractivity contribution in [1.82, 2.24) is 0 Å². The third-order valence-electron chi connectivity index (χ3n) is 2.01. The fourth-order valence-corrected chi connectivity index (χ4v) is 1.36. The molecular formula is C11H13FO. The highest BCUT2D eigenvalue weighted by atomic mass is 19.1. The van der Waals surface area contributed by atoms with Crippen molar-refractivity contribution in [2.45, 2.75) is 26.2 Å². The highest BCUT2D eigenvalue weighted by Gasteiger charge is 2.08. The van der Waals surface area contributed by atoms with Crippen LogP contribution in [0, 0.1) is 5.82 Å². The average molecular weight is 180 g/mol. The van der Waals surface area contributed by atoms with E-state index in [1.54, 1.807) is 13.0 Å². The lowest BCUT2D eigenvalue weighted by molar-refractivity contribution is -0.117. The summed E-state index contributed by atoms with van der Waals surface area (Å²) in [6, 6.07) is 6.40. The van der Waals surface area contributed by atoms with Crippen molar-refractivity contribution in [2.75, 3.05) is 0 Å². The van der Waals surface area contributed by atoms with E-state index >= 15 is 0 Å². The summed E-state index contributed by atoms with van der Waals surface area (Å²) in [5, 5.41) is 0. The van der Waals surface area contributed by atoms with Crippen molar-refractivity contribution in [3.05, 3.63) is 35.6 Å². The lowest BCUT2D eigenvalue weighted by Crippen LogP contribution is -2.00. The van der Waals surface area contributed by atoms with Crippen molar-refractivity contribution in [2.24, 2.45) is 0 Å². The van der Waals surface area contributed by atoms with Gasteiger partial charge in [0.1, 0.15) is 11.6 Å². The van der Waals surface area contributed by atoms with Gasteiger partial charge in [0.25, 0.3) is 0 Å². The van der Waals surface area contributed by atoms with Crippen molar-refractivity contribution < 1.29 is 9.18 Å². The van der Waals surface area contributed by atoms with E-state index in [2.05, 4.69) is 0 Å². The molecule has 0 aliphatic carbocycles. The molecule has 2 heteroatoms. The smallest absolute Gasteiger partial charge is 0.130 e. The van der Waals surface area contributed by atoms with Crippen molar-refractivity contribution >= 4 is 5.78 Å². The molecule has 0 N–H and O–H groups in total. The van der Waals surface area contributed by atoms with Gasteiger partial charge in [0.2, 0.25) is 0 Å². The SMILES string of the molecule is CC(=O)CC(C)c1cccc(F)c1. The first-order chi connectivity index (χ1) is 6.09. The average Bonchev–Trinajstić information content (AvgIpc) is 2.03. The summed E-state index contributed by atoms with van der Waals surface area (Å²) in [5.74, 6) is -0.00198. The molecule has 0 spiro atoms. The fourth-order valence-electron chi connectivity index (χ4n) is 1.36. The van der Waals surface area contributed by atoms with Crippen LogP contribution in [0.15, 0.2) is 24.3 Å². The molecule has 1 aromatic rings. The number of hydrogen-bond donors (Lipinski definition) is 0. The molecule has 0 aliphatic heterocycles. The molecule has 0 saturated heterocycles. The van der Waals surface area contributed by atoms with Crippen LogP contribution >= 0.6 is 0 Å². The predicted octanol–water partition coefficient (Wildman–Crippen LogP) is 2.91. The maximum absolute atomic E-state index is 12.8. The number of halogens is 1. The van der Waals surface area contributed by atoms with Gasteiger partial charge in [-0.1, -0.05) is 19.1 Å². The Hall–Kier alpha value is -1.18. The Morgan fingerprint density at radius 3 is 2.77 bits per heavy atom. The van der Waals surface area contributed by atoms with E-state index in [4.69, 9.17) is 0 Å². The largest absolute Gasteiger partial charge is 0.300 e. The molecule has 0 saturated carbocycles. The van der Waals surface area contributed by atoms with Crippen molar-refractivity contribution in [1.29, 1.82) is 0 Å². The quantitative estimate of drug-likeness (QED) is 0.699. The third-order valence-corrected chi connectivity index (χ3v) is 2.01. The second-order valence-electron chi connectivity index (χ2n) is 3.36. The first kappa shape index (κ1) is 9.90. The molecule has 13 heavy (non-hydrogen) atoms. The van der Waals surface area contributed by atoms with Gasteiger partial charge in [-0.3, -0.25) is 0 Å². The number of hydrogen-bond acceptors (Lipinski definition) is 1. The number of ketones is 1. The van der Waals surface area contributed by atoms with E-state index in [9.17, 15) is 9.18 Å². The van der Waals surface area contributed by atoms with Crippen LogP contribution in [0.1, 0.15) is 31.7 Å². The van der Waals surface area contributed by atoms with Crippen LogP contribution in [-0.4, -0.2) is 5.78 Å². The zero-order chi connectivity index (χ0) is 9.84. The Morgan fingerprint density at radius 1 is 1.54 bits per heavy atom. The molecule has 1 atom stereocenters. The normalized spacial score (nSPS) is 12.5. The monoisotopic (exact) mass is 180 g/mol. The molecule has 0 bridgehead atoms. The minimum Gasteiger partial charge on any atom is -0.300 e. The minimum atomic E-state index is -0.243. The Labute approximate surface area is 77.6 Å². The number of carbonyl (C=O) groups is 1. The van der Waals surface area contributed by atoms with E-state index in [-0.39, 0.29) is 17.5 Å². The van der Waals surface area contributed by atoms with Gasteiger partial charge >= 0.3 is 0 Å². The van der Waals surface area contributed by atoms with Crippen LogP contribution < -0.4 is 0 Å². The standard InChI is InChI=1S/C11H13FO/c1-8(6-9(2)13)10-4-3-5-11(12)7-10/h3-5,7-8H,6H2,1-2H3. The first-order valence-corrected chi connectivity index (χ1v) is 4.34. The number of benzene rings is 1. The van der Waals surface area contributed by atoms with Crippen LogP contribution in [0.25, 0.3) is 0 Å². The summed E-state index contributed by atoms with van der Waals surface area (Å²) < 4.78 is 12.8. The van der Waals surface area contributed by atoms with Crippen LogP contribution in [0.5, 0.6) is 0 Å². The van der Waals surface area contributed by atoms with Crippen LogP contribution in [0.2, 0.25) is 0 Å². The van der Waals surface area contributed by atoms with Gasteiger partial charge in [-0.2, -0.15) is 0 Å². The predicted molar refractivity (Wildman–Crippen MR) is 50.1 cm³/mol. The number of rotatable bonds is 3. The molecule has 0 aromatic heterocycles. The lowest BCUT2D eigenvalue weighted by Gasteiger charge is -2.08. The molecule has 70 valence electrons. The van der Waals surface area contributed by atoms with E-state index < -0.39 is 0 Å². The van der Waals surface area contributed by atoms with Gasteiger partial charge in [0.15, 0.2) is 0 Å². The van der Waals surface area contributed by atoms with Gasteiger partial charge in [-0.05, 0) is 30.5 Å². The molecule has 0 amide bonds. The summed E-state index contributed by atoms with van der Waals surface area (Å²) >= 11 is 0. The lowest BCUT2D eigenvalue weighted by atomic mass is 9.96. The summed E-state index contributed by atoms with van der Waals surface area (Å²) in [7, 11) is 0. The Balaban J connectivity index is 2.76. The van der Waals surface area contributed by atoms with Gasteiger partial charge < -0.3 is 4.79 Å². The van der Waals surface area contributed by atoms with Crippen LogP contribution in [0.4, 0.5) is 4.39 Å². The Kier molecular flexibility index (Phi) is 3.18. The molecule has 0 radical (unpaired) electrons. The molecule has 0 heterocycles.